The molecule has 1 aliphatic rings. The van der Waals surface area contributed by atoms with Crippen molar-refractivity contribution in [3.8, 4) is 22.4 Å². The highest BCUT2D eigenvalue weighted by molar-refractivity contribution is 5.83. The number of anilines is 1. The summed E-state index contributed by atoms with van der Waals surface area (Å²) in [7, 11) is 0. The highest BCUT2D eigenvalue weighted by Crippen LogP contribution is 2.35. The van der Waals surface area contributed by atoms with Gasteiger partial charge in [0.1, 0.15) is 11.6 Å². The van der Waals surface area contributed by atoms with Gasteiger partial charge in [0.05, 0.1) is 36.2 Å². The second kappa shape index (κ2) is 9.52. The molecule has 0 saturated carbocycles. The molecule has 1 atom stereocenters. The van der Waals surface area contributed by atoms with Gasteiger partial charge in [0.2, 0.25) is 0 Å². The van der Waals surface area contributed by atoms with E-state index in [0.717, 1.165) is 58.9 Å². The fourth-order valence-corrected chi connectivity index (χ4v) is 4.66. The van der Waals surface area contributed by atoms with E-state index < -0.39 is 0 Å². The van der Waals surface area contributed by atoms with Crippen LogP contribution in [0.1, 0.15) is 31.0 Å². The van der Waals surface area contributed by atoms with Gasteiger partial charge in [-0.1, -0.05) is 29.8 Å². The first-order valence-corrected chi connectivity index (χ1v) is 11.8. The van der Waals surface area contributed by atoms with E-state index in [1.807, 2.05) is 17.5 Å². The molecule has 0 unspecified atom stereocenters. The predicted molar refractivity (Wildman–Crippen MR) is 131 cm³/mol. The van der Waals surface area contributed by atoms with Gasteiger partial charge in [0.15, 0.2) is 5.65 Å². The standard InChI is InChI=1S/C27H29FN4O2/c1-3-34-17-23-26(20-8-6-18(2)7-9-20)27-29-25(31-14-4-5-22(31)16-33)15-24(32(27)30-23)19-10-12-21(28)13-11-19/h6-13,15,22,33H,3-5,14,16-17H2,1-2H3/t22-/m0/s1. The monoisotopic (exact) mass is 460 g/mol. The van der Waals surface area contributed by atoms with E-state index in [0.29, 0.717) is 13.2 Å². The lowest BCUT2D eigenvalue weighted by atomic mass is 10.0. The summed E-state index contributed by atoms with van der Waals surface area (Å²) in [6.07, 6.45) is 1.93. The summed E-state index contributed by atoms with van der Waals surface area (Å²) in [5, 5.41) is 14.9. The Balaban J connectivity index is 1.78. The highest BCUT2D eigenvalue weighted by Gasteiger charge is 2.28. The van der Waals surface area contributed by atoms with Crippen LogP contribution in [0.25, 0.3) is 28.0 Å². The number of hydrogen-bond acceptors (Lipinski definition) is 5. The number of fused-ring (bicyclic) bond motifs is 1. The maximum absolute atomic E-state index is 13.7. The maximum atomic E-state index is 13.7. The molecule has 0 spiro atoms. The van der Waals surface area contributed by atoms with Crippen LogP contribution in [0.4, 0.5) is 10.2 Å². The zero-order valence-electron chi connectivity index (χ0n) is 19.5. The molecule has 1 aliphatic heterocycles. The van der Waals surface area contributed by atoms with Gasteiger partial charge < -0.3 is 14.7 Å². The summed E-state index contributed by atoms with van der Waals surface area (Å²) in [4.78, 5) is 7.24. The summed E-state index contributed by atoms with van der Waals surface area (Å²) < 4.78 is 21.3. The van der Waals surface area contributed by atoms with Gasteiger partial charge in [-0.2, -0.15) is 5.10 Å². The van der Waals surface area contributed by atoms with E-state index >= 15 is 0 Å². The van der Waals surface area contributed by atoms with Crippen LogP contribution >= 0.6 is 0 Å². The molecule has 3 heterocycles. The van der Waals surface area contributed by atoms with E-state index in [2.05, 4.69) is 36.1 Å². The molecule has 5 rings (SSSR count). The molecule has 0 radical (unpaired) electrons. The molecule has 1 fully saturated rings. The molecule has 34 heavy (non-hydrogen) atoms. The second-order valence-electron chi connectivity index (χ2n) is 8.74. The van der Waals surface area contributed by atoms with Crippen molar-refractivity contribution in [2.75, 3.05) is 24.7 Å². The third-order valence-corrected chi connectivity index (χ3v) is 6.45. The van der Waals surface area contributed by atoms with Crippen LogP contribution < -0.4 is 4.90 Å². The third kappa shape index (κ3) is 4.17. The number of hydrogen-bond donors (Lipinski definition) is 1. The first kappa shape index (κ1) is 22.5. The maximum Gasteiger partial charge on any atom is 0.166 e. The quantitative estimate of drug-likeness (QED) is 0.420. The zero-order valence-corrected chi connectivity index (χ0v) is 19.5. The Labute approximate surface area is 198 Å². The number of nitrogens with zero attached hydrogens (tertiary/aromatic N) is 4. The van der Waals surface area contributed by atoms with Gasteiger partial charge >= 0.3 is 0 Å². The fourth-order valence-electron chi connectivity index (χ4n) is 4.66. The Kier molecular flexibility index (Phi) is 6.30. The molecule has 0 aliphatic carbocycles. The highest BCUT2D eigenvalue weighted by atomic mass is 19.1. The molecule has 4 aromatic rings. The normalized spacial score (nSPS) is 16.0. The van der Waals surface area contributed by atoms with Crippen molar-refractivity contribution in [1.29, 1.82) is 0 Å². The van der Waals surface area contributed by atoms with E-state index in [9.17, 15) is 9.50 Å². The van der Waals surface area contributed by atoms with Crippen LogP contribution in [0, 0.1) is 12.7 Å². The van der Waals surface area contributed by atoms with Gasteiger partial charge in [-0.05, 0) is 56.5 Å². The van der Waals surface area contributed by atoms with Crippen LogP contribution in [0.2, 0.25) is 0 Å². The Hall–Kier alpha value is -3.29. The first-order valence-electron chi connectivity index (χ1n) is 11.8. The molecule has 2 aromatic heterocycles. The first-order chi connectivity index (χ1) is 16.6. The number of aryl methyl sites for hydroxylation is 1. The van der Waals surface area contributed by atoms with Gasteiger partial charge in [0, 0.05) is 24.8 Å². The second-order valence-corrected chi connectivity index (χ2v) is 8.74. The van der Waals surface area contributed by atoms with E-state index in [1.165, 1.54) is 17.7 Å². The summed E-state index contributed by atoms with van der Waals surface area (Å²) >= 11 is 0. The molecule has 6 nitrogen and oxygen atoms in total. The minimum absolute atomic E-state index is 0.0321. The van der Waals surface area contributed by atoms with Crippen LogP contribution in [0.3, 0.4) is 0 Å². The van der Waals surface area contributed by atoms with E-state index in [4.69, 9.17) is 14.8 Å². The summed E-state index contributed by atoms with van der Waals surface area (Å²) in [5.74, 6) is 0.506. The van der Waals surface area contributed by atoms with Crippen molar-refractivity contribution in [2.24, 2.45) is 0 Å². The predicted octanol–water partition coefficient (Wildman–Crippen LogP) is 5.01. The van der Waals surface area contributed by atoms with E-state index in [-0.39, 0.29) is 18.5 Å². The SMILES string of the molecule is CCOCc1nn2c(-c3ccc(F)cc3)cc(N3CCC[C@H]3CO)nc2c1-c1ccc(C)cc1. The number of benzene rings is 2. The Bertz CT molecular complexity index is 1280. The number of rotatable bonds is 7. The molecular formula is C27H29FN4O2. The smallest absolute Gasteiger partial charge is 0.166 e. The van der Waals surface area contributed by atoms with E-state index in [1.54, 1.807) is 12.1 Å². The Morgan fingerprint density at radius 2 is 1.82 bits per heavy atom. The fraction of sp³-hybridized carbons (Fsp3) is 0.333. The van der Waals surface area contributed by atoms with Crippen molar-refractivity contribution in [3.05, 3.63) is 71.7 Å². The number of aliphatic hydroxyl groups excluding tert-OH is 1. The van der Waals surface area contributed by atoms with Crippen molar-refractivity contribution < 1.29 is 14.2 Å². The molecule has 176 valence electrons. The molecule has 1 saturated heterocycles. The lowest BCUT2D eigenvalue weighted by Crippen LogP contribution is -2.32. The van der Waals surface area contributed by atoms with Crippen molar-refractivity contribution in [1.82, 2.24) is 14.6 Å². The van der Waals surface area contributed by atoms with Crippen molar-refractivity contribution in [3.63, 3.8) is 0 Å². The summed E-state index contributed by atoms with van der Waals surface area (Å²) in [5.41, 5.74) is 6.31. The lowest BCUT2D eigenvalue weighted by molar-refractivity contribution is 0.131. The van der Waals surface area contributed by atoms with Crippen LogP contribution in [0.5, 0.6) is 0 Å². The van der Waals surface area contributed by atoms with Gasteiger partial charge in [0.25, 0.3) is 0 Å². The van der Waals surface area contributed by atoms with Crippen molar-refractivity contribution in [2.45, 2.75) is 39.3 Å². The average Bonchev–Trinajstić information content (AvgIpc) is 3.47. The number of aliphatic hydroxyl groups is 1. The molecule has 7 heteroatoms. The largest absolute Gasteiger partial charge is 0.394 e. The average molecular weight is 461 g/mol. The topological polar surface area (TPSA) is 62.9 Å². The summed E-state index contributed by atoms with van der Waals surface area (Å²) in [6.45, 7) is 5.88. The zero-order chi connectivity index (χ0) is 23.7. The third-order valence-electron chi connectivity index (χ3n) is 6.45. The van der Waals surface area contributed by atoms with Gasteiger partial charge in [-0.3, -0.25) is 0 Å². The van der Waals surface area contributed by atoms with Crippen LogP contribution in [0.15, 0.2) is 54.6 Å². The number of ether oxygens (including phenoxy) is 1. The molecule has 2 aromatic carbocycles. The molecule has 0 amide bonds. The van der Waals surface area contributed by atoms with Crippen molar-refractivity contribution >= 4 is 11.5 Å². The lowest BCUT2D eigenvalue weighted by Gasteiger charge is -2.25. The molecular weight excluding hydrogens is 431 g/mol. The summed E-state index contributed by atoms with van der Waals surface area (Å²) in [6, 6.07) is 16.8. The Morgan fingerprint density at radius 3 is 2.53 bits per heavy atom. The van der Waals surface area contributed by atoms with Crippen LogP contribution in [-0.2, 0) is 11.3 Å². The van der Waals surface area contributed by atoms with Crippen LogP contribution in [-0.4, -0.2) is 45.5 Å². The number of aromatic nitrogens is 3. The minimum atomic E-state index is -0.285. The molecule has 0 bridgehead atoms. The molecule has 1 N–H and O–H groups in total. The van der Waals surface area contributed by atoms with Gasteiger partial charge in [-0.15, -0.1) is 0 Å². The number of halogens is 1. The minimum Gasteiger partial charge on any atom is -0.394 e. The Morgan fingerprint density at radius 1 is 1.09 bits per heavy atom. The van der Waals surface area contributed by atoms with Gasteiger partial charge in [-0.25, -0.2) is 13.9 Å².